The van der Waals surface area contributed by atoms with Crippen molar-refractivity contribution in [2.75, 3.05) is 0 Å². The second-order valence-electron chi connectivity index (χ2n) is 2.10. The molecule has 0 N–H and O–H groups in total. The van der Waals surface area contributed by atoms with E-state index in [0.717, 1.165) is 10.7 Å². The molecule has 1 heteroatoms. The molecular formula is C5H13Al. The summed E-state index contributed by atoms with van der Waals surface area (Å²) in [7, 11) is 0. The minimum Gasteiger partial charge on any atom is -1.00 e. The maximum Gasteiger partial charge on any atom is -1.00 e. The molecule has 0 fully saturated rings. The normalized spacial score (nSPS) is 15.7. The van der Waals surface area contributed by atoms with Crippen molar-refractivity contribution in [3.05, 3.63) is 0 Å². The van der Waals surface area contributed by atoms with Crippen molar-refractivity contribution in [1.29, 1.82) is 0 Å². The van der Waals surface area contributed by atoms with Crippen LogP contribution in [0.3, 0.4) is 0 Å². The molecule has 0 radical (unpaired) electrons. The quantitative estimate of drug-likeness (QED) is 0.441. The Labute approximate surface area is 51.3 Å². The van der Waals surface area contributed by atoms with Gasteiger partial charge in [-0.3, -0.25) is 0 Å². The molecule has 6 heavy (non-hydrogen) atoms. The SMILES string of the molecule is CC(C)[CH](C)[Al+2].[H-].[H-]. The van der Waals surface area contributed by atoms with E-state index in [2.05, 4.69) is 37.1 Å². The minimum atomic E-state index is 0. The third-order valence-corrected chi connectivity index (χ3v) is 1.82. The predicted octanol–water partition coefficient (Wildman–Crippen LogP) is 1.84. The van der Waals surface area contributed by atoms with Gasteiger partial charge < -0.3 is 2.85 Å². The standard InChI is InChI=1S/C5H11.Al.2H/c1-4-5(2)3;;;/h4-5H,1-3H3;;;/q;+2;2*-1. The molecule has 0 heterocycles. The molecule has 0 nitrogen and oxygen atoms in total. The first-order valence-corrected chi connectivity index (χ1v) is 3.07. The fraction of sp³-hybridized carbons (Fsp3) is 1.00. The summed E-state index contributed by atoms with van der Waals surface area (Å²) in [6, 6.07) is 0. The third-order valence-electron chi connectivity index (χ3n) is 1.05. The molecule has 0 rings (SSSR count). The molecule has 1 unspecified atom stereocenters. The second kappa shape index (κ2) is 2.66. The zero-order valence-electron chi connectivity index (χ0n) is 6.73. The van der Waals surface area contributed by atoms with E-state index >= 15 is 0 Å². The van der Waals surface area contributed by atoms with Crippen LogP contribution in [0.15, 0.2) is 0 Å². The van der Waals surface area contributed by atoms with Crippen molar-refractivity contribution < 1.29 is 2.85 Å². The van der Waals surface area contributed by atoms with Crippen LogP contribution in [0.4, 0.5) is 0 Å². The minimum absolute atomic E-state index is 0. The average Bonchev–Trinajstić information content (AvgIpc) is 1.36. The Balaban J connectivity index is -0.000000125. The largest absolute Gasteiger partial charge is 1.00 e. The molecule has 0 aliphatic rings. The Kier molecular flexibility index (Phi) is 2.90. The van der Waals surface area contributed by atoms with Gasteiger partial charge in [0.15, 0.2) is 0 Å². The van der Waals surface area contributed by atoms with Crippen LogP contribution in [0.25, 0.3) is 0 Å². The van der Waals surface area contributed by atoms with Crippen molar-refractivity contribution in [2.45, 2.75) is 25.6 Å². The molecule has 0 aromatic heterocycles. The summed E-state index contributed by atoms with van der Waals surface area (Å²) < 4.78 is 0.769. The molecule has 1 atom stereocenters. The fourth-order valence-electron chi connectivity index (χ4n) is 0. The maximum atomic E-state index is 2.77. The van der Waals surface area contributed by atoms with Crippen molar-refractivity contribution in [1.82, 2.24) is 0 Å². The van der Waals surface area contributed by atoms with Crippen LogP contribution in [0.1, 0.15) is 23.6 Å². The number of rotatable bonds is 1. The Morgan fingerprint density at radius 2 is 1.50 bits per heavy atom. The van der Waals surface area contributed by atoms with Gasteiger partial charge in [-0.2, -0.15) is 0 Å². The Bertz CT molecular complexity index is 31.4. The monoisotopic (exact) mass is 100 g/mol. The topological polar surface area (TPSA) is 0 Å². The van der Waals surface area contributed by atoms with Gasteiger partial charge >= 0.3 is 47.8 Å². The van der Waals surface area contributed by atoms with Crippen molar-refractivity contribution in [2.24, 2.45) is 5.92 Å². The van der Waals surface area contributed by atoms with E-state index in [1.807, 2.05) is 0 Å². The van der Waals surface area contributed by atoms with Crippen molar-refractivity contribution in [3.8, 4) is 0 Å². The van der Waals surface area contributed by atoms with Crippen LogP contribution in [0.2, 0.25) is 4.78 Å². The van der Waals surface area contributed by atoms with Gasteiger partial charge in [0.2, 0.25) is 0 Å². The van der Waals surface area contributed by atoms with Gasteiger partial charge in [-0.05, 0) is 0 Å². The molecule has 0 amide bonds. The molecule has 36 valence electrons. The number of hydrogen-bond acceptors (Lipinski definition) is 0. The van der Waals surface area contributed by atoms with E-state index < -0.39 is 0 Å². The van der Waals surface area contributed by atoms with Crippen LogP contribution < -0.4 is 0 Å². The zero-order chi connectivity index (χ0) is 5.15. The van der Waals surface area contributed by atoms with Crippen molar-refractivity contribution in [3.63, 3.8) is 0 Å². The smallest absolute Gasteiger partial charge is 1.00 e. The summed E-state index contributed by atoms with van der Waals surface area (Å²) in [6.45, 7) is 6.64. The molecule has 0 aliphatic heterocycles. The number of hydrogen-bond donors (Lipinski definition) is 0. The summed E-state index contributed by atoms with van der Waals surface area (Å²) >= 11 is 2.77. The fourth-order valence-corrected chi connectivity index (χ4v) is 0. The van der Waals surface area contributed by atoms with Gasteiger partial charge in [-0.1, -0.05) is 0 Å². The van der Waals surface area contributed by atoms with Crippen LogP contribution in [0.5, 0.6) is 0 Å². The maximum absolute atomic E-state index is 2.77. The molecule has 0 saturated carbocycles. The Morgan fingerprint density at radius 3 is 1.50 bits per heavy atom. The van der Waals surface area contributed by atoms with E-state index in [9.17, 15) is 0 Å². The molecular weight excluding hydrogens is 87.0 g/mol. The van der Waals surface area contributed by atoms with Crippen LogP contribution in [0, 0.1) is 5.92 Å². The Morgan fingerprint density at radius 1 is 1.33 bits per heavy atom. The molecule has 0 aromatic carbocycles. The van der Waals surface area contributed by atoms with Crippen LogP contribution >= 0.6 is 0 Å². The molecule has 0 spiro atoms. The zero-order valence-corrected chi connectivity index (χ0v) is 5.89. The van der Waals surface area contributed by atoms with Gasteiger partial charge in [-0.25, -0.2) is 0 Å². The van der Waals surface area contributed by atoms with E-state index in [-0.39, 0.29) is 2.85 Å². The molecule has 0 aliphatic carbocycles. The van der Waals surface area contributed by atoms with Gasteiger partial charge in [0.05, 0.1) is 0 Å². The van der Waals surface area contributed by atoms with Crippen LogP contribution in [-0.2, 0) is 0 Å². The van der Waals surface area contributed by atoms with Gasteiger partial charge in [0, 0.05) is 0 Å². The average molecular weight is 100 g/mol. The van der Waals surface area contributed by atoms with Crippen LogP contribution in [-0.4, -0.2) is 16.3 Å². The summed E-state index contributed by atoms with van der Waals surface area (Å²) in [5, 5.41) is 0. The molecule has 0 aromatic rings. The van der Waals surface area contributed by atoms with Gasteiger partial charge in [0.1, 0.15) is 0 Å². The summed E-state index contributed by atoms with van der Waals surface area (Å²) in [6.07, 6.45) is 0. The van der Waals surface area contributed by atoms with E-state index in [0.29, 0.717) is 0 Å². The van der Waals surface area contributed by atoms with E-state index in [1.54, 1.807) is 0 Å². The van der Waals surface area contributed by atoms with E-state index in [4.69, 9.17) is 0 Å². The first-order valence-electron chi connectivity index (χ1n) is 2.40. The van der Waals surface area contributed by atoms with Gasteiger partial charge in [0.25, 0.3) is 0 Å². The summed E-state index contributed by atoms with van der Waals surface area (Å²) in [5.74, 6) is 0.815. The molecule has 0 saturated heterocycles. The Hall–Kier alpha value is 0.532. The first-order chi connectivity index (χ1) is 2.64. The van der Waals surface area contributed by atoms with Gasteiger partial charge in [-0.15, -0.1) is 0 Å². The van der Waals surface area contributed by atoms with Crippen molar-refractivity contribution >= 4 is 16.3 Å². The third kappa shape index (κ3) is 2.75. The second-order valence-corrected chi connectivity index (χ2v) is 3.15. The summed E-state index contributed by atoms with van der Waals surface area (Å²) in [5.41, 5.74) is 0. The molecule has 0 bridgehead atoms. The summed E-state index contributed by atoms with van der Waals surface area (Å²) in [4.78, 5) is 0. The first kappa shape index (κ1) is 6.53. The predicted molar refractivity (Wildman–Crippen MR) is 32.2 cm³/mol. The van der Waals surface area contributed by atoms with E-state index in [1.165, 1.54) is 0 Å².